The van der Waals surface area contributed by atoms with Crippen LogP contribution in [0, 0.1) is 0 Å². The first kappa shape index (κ1) is 66.2. The van der Waals surface area contributed by atoms with Gasteiger partial charge in [0, 0.05) is 12.8 Å². The lowest BCUT2D eigenvalue weighted by molar-refractivity contribution is -0.870. The van der Waals surface area contributed by atoms with Gasteiger partial charge < -0.3 is 28.5 Å². The molecule has 0 aliphatic rings. The molecule has 3 atom stereocenters. The van der Waals surface area contributed by atoms with Crippen molar-refractivity contribution in [2.24, 2.45) is 0 Å². The molecule has 0 aromatic carbocycles. The predicted molar refractivity (Wildman–Crippen MR) is 289 cm³/mol. The number of hydrogen-bond acceptors (Lipinski definition) is 7. The number of phosphoric acid groups is 1. The maximum atomic E-state index is 13.5. The number of hydrogen-bond donors (Lipinski definition) is 1. The largest absolute Gasteiger partial charge is 0.756 e. The Morgan fingerprint density at radius 3 is 1.40 bits per heavy atom. The summed E-state index contributed by atoms with van der Waals surface area (Å²) in [6.07, 6.45) is 56.8. The zero-order valence-electron chi connectivity index (χ0n) is 45.6. The highest BCUT2D eigenvalue weighted by Gasteiger charge is 2.27. The molecule has 0 saturated carbocycles. The summed E-state index contributed by atoms with van der Waals surface area (Å²) in [6, 6.07) is -0.886. The van der Waals surface area contributed by atoms with Gasteiger partial charge in [0.1, 0.15) is 19.3 Å². The number of allylic oxidation sites excluding steroid dienone is 5. The van der Waals surface area contributed by atoms with Crippen LogP contribution in [-0.2, 0) is 27.9 Å². The van der Waals surface area contributed by atoms with Gasteiger partial charge in [0.25, 0.3) is 7.82 Å². The molecule has 1 N–H and O–H groups in total. The number of rotatable bonds is 52. The molecule has 0 aliphatic carbocycles. The van der Waals surface area contributed by atoms with Gasteiger partial charge in [0.2, 0.25) is 5.91 Å². The van der Waals surface area contributed by atoms with Crippen LogP contribution in [0.4, 0.5) is 0 Å². The number of phosphoric ester groups is 1. The molecule has 68 heavy (non-hydrogen) atoms. The van der Waals surface area contributed by atoms with Gasteiger partial charge >= 0.3 is 5.97 Å². The number of nitrogens with zero attached hydrogens (tertiary/aromatic N) is 1. The Morgan fingerprint density at radius 1 is 0.529 bits per heavy atom. The second-order valence-electron chi connectivity index (χ2n) is 20.8. The molecule has 9 nitrogen and oxygen atoms in total. The van der Waals surface area contributed by atoms with Crippen molar-refractivity contribution in [3.8, 4) is 0 Å². The third-order valence-electron chi connectivity index (χ3n) is 12.8. The number of nitrogens with one attached hydrogen (secondary N) is 1. The average Bonchev–Trinajstić information content (AvgIpc) is 3.29. The van der Waals surface area contributed by atoms with Crippen molar-refractivity contribution in [2.75, 3.05) is 40.9 Å². The smallest absolute Gasteiger partial charge is 0.306 e. The van der Waals surface area contributed by atoms with Crippen LogP contribution in [0.5, 0.6) is 0 Å². The normalized spacial score (nSPS) is 14.0. The van der Waals surface area contributed by atoms with E-state index in [2.05, 4.69) is 50.4 Å². The number of likely N-dealkylation sites (N-methyl/N-ethyl adjacent to an activating group) is 1. The van der Waals surface area contributed by atoms with Crippen molar-refractivity contribution in [1.29, 1.82) is 0 Å². The fourth-order valence-corrected chi connectivity index (χ4v) is 9.11. The van der Waals surface area contributed by atoms with Crippen molar-refractivity contribution in [2.45, 2.75) is 283 Å². The first-order valence-electron chi connectivity index (χ1n) is 28.8. The number of quaternary nitrogens is 1. The number of carbonyl (C=O) groups excluding carboxylic acids is 2. The van der Waals surface area contributed by atoms with E-state index in [1.54, 1.807) is 0 Å². The molecular weight excluding hydrogens is 868 g/mol. The molecule has 1 amide bonds. The molecule has 0 heterocycles. The van der Waals surface area contributed by atoms with Crippen molar-refractivity contribution < 1.29 is 37.3 Å². The Morgan fingerprint density at radius 2 is 0.941 bits per heavy atom. The molecule has 0 radical (unpaired) electrons. The van der Waals surface area contributed by atoms with Gasteiger partial charge in [-0.25, -0.2) is 0 Å². The van der Waals surface area contributed by atoms with Gasteiger partial charge in [0.15, 0.2) is 0 Å². The zero-order chi connectivity index (χ0) is 50.1. The highest BCUT2D eigenvalue weighted by atomic mass is 31.2. The van der Waals surface area contributed by atoms with Gasteiger partial charge in [-0.05, 0) is 57.4 Å². The highest BCUT2D eigenvalue weighted by molar-refractivity contribution is 7.45. The summed E-state index contributed by atoms with van der Waals surface area (Å²) in [5, 5.41) is 3.02. The molecule has 0 bridgehead atoms. The minimum absolute atomic E-state index is 0.0216. The van der Waals surface area contributed by atoms with Crippen LogP contribution in [-0.4, -0.2) is 69.4 Å². The molecule has 0 rings (SSSR count). The van der Waals surface area contributed by atoms with Crippen molar-refractivity contribution >= 4 is 19.7 Å². The summed E-state index contributed by atoms with van der Waals surface area (Å²) in [5.74, 6) is -0.542. The molecule has 0 saturated heterocycles. The highest BCUT2D eigenvalue weighted by Crippen LogP contribution is 2.38. The molecule has 0 aromatic rings. The molecule has 400 valence electrons. The molecule has 0 spiro atoms. The zero-order valence-corrected chi connectivity index (χ0v) is 46.5. The second-order valence-corrected chi connectivity index (χ2v) is 22.2. The average molecular weight is 980 g/mol. The Balaban J connectivity index is 5.28. The second kappa shape index (κ2) is 48.8. The monoisotopic (exact) mass is 979 g/mol. The lowest BCUT2D eigenvalue weighted by Gasteiger charge is -2.30. The van der Waals surface area contributed by atoms with E-state index >= 15 is 0 Å². The predicted octanol–water partition coefficient (Wildman–Crippen LogP) is 16.5. The standard InChI is InChI=1S/C58H111N2O7P/c1-7-10-13-16-19-22-25-27-29-30-31-32-35-38-41-44-47-50-57(61)59-55(54-66-68(63,64)65-53-52-60(4,5)6)56(49-46-43-40-37-34-24-21-18-15-12-9-3)67-58(62)51-48-45-42-39-36-33-28-26-23-20-17-14-11-8-2/h11,14,20,23,46,49,55-56H,7-10,12-13,15-19,21-22,24-45,47-48,50-54H2,1-6H3,(H-,59,61,63,64)/b14-11+,23-20+,49-46+. The van der Waals surface area contributed by atoms with E-state index in [0.29, 0.717) is 17.4 Å². The maximum absolute atomic E-state index is 13.5. The van der Waals surface area contributed by atoms with Crippen LogP contribution in [0.1, 0.15) is 271 Å². The Hall–Kier alpha value is -1.77. The van der Waals surface area contributed by atoms with Crippen LogP contribution >= 0.6 is 7.82 Å². The number of carbonyl (C=O) groups is 2. The fraction of sp³-hybridized carbons (Fsp3) is 0.862. The van der Waals surface area contributed by atoms with E-state index in [4.69, 9.17) is 13.8 Å². The van der Waals surface area contributed by atoms with Gasteiger partial charge in [-0.2, -0.15) is 0 Å². The lowest BCUT2D eigenvalue weighted by atomic mass is 10.0. The summed E-state index contributed by atoms with van der Waals surface area (Å²) in [6.45, 7) is 6.75. The molecule has 0 aliphatic heterocycles. The van der Waals surface area contributed by atoms with E-state index in [1.165, 1.54) is 154 Å². The van der Waals surface area contributed by atoms with E-state index in [-0.39, 0.29) is 31.5 Å². The van der Waals surface area contributed by atoms with E-state index in [0.717, 1.165) is 83.5 Å². The van der Waals surface area contributed by atoms with Gasteiger partial charge in [0.05, 0.1) is 33.8 Å². The summed E-state index contributed by atoms with van der Waals surface area (Å²) in [7, 11) is 1.19. The summed E-state index contributed by atoms with van der Waals surface area (Å²) < 4.78 is 30.2. The van der Waals surface area contributed by atoms with Crippen LogP contribution in [0.25, 0.3) is 0 Å². The topological polar surface area (TPSA) is 114 Å². The van der Waals surface area contributed by atoms with Crippen LogP contribution in [0.15, 0.2) is 36.5 Å². The summed E-state index contributed by atoms with van der Waals surface area (Å²) in [5.41, 5.74) is 0. The number of amides is 1. The third kappa shape index (κ3) is 49.2. The fourth-order valence-electron chi connectivity index (χ4n) is 8.38. The minimum atomic E-state index is -4.69. The van der Waals surface area contributed by atoms with Crippen LogP contribution in [0.2, 0.25) is 0 Å². The van der Waals surface area contributed by atoms with Crippen molar-refractivity contribution in [3.63, 3.8) is 0 Å². The number of ether oxygens (including phenoxy) is 1. The van der Waals surface area contributed by atoms with Crippen molar-refractivity contribution in [3.05, 3.63) is 36.5 Å². The number of unbranched alkanes of at least 4 members (excludes halogenated alkanes) is 32. The molecule has 0 fully saturated rings. The van der Waals surface area contributed by atoms with E-state index in [9.17, 15) is 19.0 Å². The van der Waals surface area contributed by atoms with E-state index in [1.807, 2.05) is 33.3 Å². The SMILES string of the molecule is CC/C=C/C/C=C/CCCCCCCCCC(=O)OC(/C=C/CCCCCCCCCCC)C(COP(=O)([O-])OCC[N+](C)(C)C)NC(=O)CCCCCCCCCCCCCCCCCCC. The Kier molecular flexibility index (Phi) is 47.6. The minimum Gasteiger partial charge on any atom is -0.756 e. The Labute approximate surface area is 421 Å². The maximum Gasteiger partial charge on any atom is 0.306 e. The van der Waals surface area contributed by atoms with E-state index < -0.39 is 20.0 Å². The van der Waals surface area contributed by atoms with Gasteiger partial charge in [-0.15, -0.1) is 0 Å². The summed E-state index contributed by atoms with van der Waals surface area (Å²) >= 11 is 0. The van der Waals surface area contributed by atoms with Gasteiger partial charge in [-0.3, -0.25) is 14.2 Å². The van der Waals surface area contributed by atoms with Crippen molar-refractivity contribution in [1.82, 2.24) is 5.32 Å². The third-order valence-corrected chi connectivity index (χ3v) is 13.8. The molecular formula is C58H111N2O7P. The quantitative estimate of drug-likeness (QED) is 0.0212. The lowest BCUT2D eigenvalue weighted by Crippen LogP contribution is -2.47. The molecule has 3 unspecified atom stereocenters. The number of esters is 1. The van der Waals surface area contributed by atoms with Crippen LogP contribution in [0.3, 0.4) is 0 Å². The van der Waals surface area contributed by atoms with Gasteiger partial charge in [-0.1, -0.05) is 237 Å². The first-order chi connectivity index (χ1) is 32.9. The first-order valence-corrected chi connectivity index (χ1v) is 30.3. The molecule has 0 aromatic heterocycles. The molecule has 10 heteroatoms. The summed E-state index contributed by atoms with van der Waals surface area (Å²) in [4.78, 5) is 39.8. The van der Waals surface area contributed by atoms with Crippen LogP contribution < -0.4 is 10.2 Å². The Bertz CT molecular complexity index is 1270.